The maximum atomic E-state index is 12.5. The summed E-state index contributed by atoms with van der Waals surface area (Å²) in [5.41, 5.74) is 6.10. The molecular weight excluding hydrogens is 388 g/mol. The van der Waals surface area contributed by atoms with Crippen LogP contribution in [0.3, 0.4) is 0 Å². The van der Waals surface area contributed by atoms with Gasteiger partial charge >= 0.3 is 0 Å². The summed E-state index contributed by atoms with van der Waals surface area (Å²) in [5.74, 6) is 0.535. The monoisotopic (exact) mass is 416 g/mol. The van der Waals surface area contributed by atoms with Crippen molar-refractivity contribution in [2.45, 2.75) is 45.8 Å². The molecule has 3 N–H and O–H groups in total. The molecule has 1 aliphatic heterocycles. The number of carbonyl (C=O) groups is 2. The predicted molar refractivity (Wildman–Crippen MR) is 114 cm³/mol. The van der Waals surface area contributed by atoms with Gasteiger partial charge in [0.1, 0.15) is 5.82 Å². The van der Waals surface area contributed by atoms with Crippen LogP contribution in [0.1, 0.15) is 32.0 Å². The largest absolute Gasteiger partial charge is 0.370 e. The third kappa shape index (κ3) is 5.51. The molecule has 0 saturated carbocycles. The molecule has 0 atom stereocenters. The third-order valence-electron chi connectivity index (χ3n) is 5.24. The molecule has 1 aliphatic rings. The van der Waals surface area contributed by atoms with Crippen molar-refractivity contribution < 1.29 is 9.59 Å². The number of piperidine rings is 1. The Hall–Kier alpha value is -2.52. The Bertz CT molecular complexity index is 899. The van der Waals surface area contributed by atoms with Gasteiger partial charge in [0, 0.05) is 44.1 Å². The number of rotatable bonds is 8. The standard InChI is InChI=1S/C20H28N6O2S/c1-2-25-18(9-8-17(21)27)23-26(20(25)29)14-24-12-10-15(11-13-24)19(28)22-16-6-4-3-5-7-16/h3-7,15H,2,8-14H2,1H3,(H2,21,27)(H,22,28). The van der Waals surface area contributed by atoms with E-state index in [0.29, 0.717) is 24.4 Å². The molecule has 2 amide bonds. The van der Waals surface area contributed by atoms with Gasteiger partial charge in [-0.05, 0) is 44.1 Å². The van der Waals surface area contributed by atoms with Gasteiger partial charge < -0.3 is 15.6 Å². The highest BCUT2D eigenvalue weighted by atomic mass is 32.1. The predicted octanol–water partition coefficient (Wildman–Crippen LogP) is 2.16. The van der Waals surface area contributed by atoms with Crippen molar-refractivity contribution >= 4 is 29.7 Å². The van der Waals surface area contributed by atoms with E-state index in [1.165, 1.54) is 0 Å². The zero-order chi connectivity index (χ0) is 20.8. The molecule has 1 fully saturated rings. The summed E-state index contributed by atoms with van der Waals surface area (Å²) < 4.78 is 4.40. The Morgan fingerprint density at radius 3 is 2.55 bits per heavy atom. The number of primary amides is 1. The van der Waals surface area contributed by atoms with Crippen LogP contribution in [0.4, 0.5) is 5.69 Å². The molecule has 3 rings (SSSR count). The van der Waals surface area contributed by atoms with Crippen LogP contribution in [0.25, 0.3) is 0 Å². The molecule has 2 heterocycles. The minimum absolute atomic E-state index is 0.0127. The third-order valence-corrected chi connectivity index (χ3v) is 5.68. The van der Waals surface area contributed by atoms with Gasteiger partial charge in [-0.25, -0.2) is 4.68 Å². The molecule has 8 nitrogen and oxygen atoms in total. The molecule has 1 aromatic carbocycles. The molecule has 1 aromatic heterocycles. The molecule has 0 spiro atoms. The van der Waals surface area contributed by atoms with E-state index in [4.69, 9.17) is 18.0 Å². The fourth-order valence-corrected chi connectivity index (χ4v) is 3.94. The molecule has 2 aromatic rings. The molecule has 0 unspecified atom stereocenters. The first-order valence-electron chi connectivity index (χ1n) is 10.0. The Kier molecular flexibility index (Phi) is 7.16. The summed E-state index contributed by atoms with van der Waals surface area (Å²) in [5, 5.41) is 7.60. The lowest BCUT2D eigenvalue weighted by atomic mass is 9.96. The van der Waals surface area contributed by atoms with E-state index in [-0.39, 0.29) is 24.2 Å². The molecule has 156 valence electrons. The summed E-state index contributed by atoms with van der Waals surface area (Å²) in [6, 6.07) is 9.55. The number of hydrogen-bond donors (Lipinski definition) is 2. The van der Waals surface area contributed by atoms with E-state index >= 15 is 0 Å². The number of amides is 2. The van der Waals surface area contributed by atoms with E-state index in [9.17, 15) is 9.59 Å². The number of nitrogens with two attached hydrogens (primary N) is 1. The second-order valence-electron chi connectivity index (χ2n) is 7.30. The number of likely N-dealkylation sites (tertiary alicyclic amines) is 1. The SMILES string of the molecule is CCn1c(CCC(N)=O)nn(CN2CCC(C(=O)Nc3ccccc3)CC2)c1=S. The average molecular weight is 417 g/mol. The number of benzene rings is 1. The van der Waals surface area contributed by atoms with Crippen molar-refractivity contribution in [3.05, 3.63) is 40.9 Å². The number of aryl methyl sites for hydroxylation is 1. The summed E-state index contributed by atoms with van der Waals surface area (Å²) in [4.78, 5) is 25.8. The topological polar surface area (TPSA) is 98.2 Å². The van der Waals surface area contributed by atoms with Crippen LogP contribution in [0.5, 0.6) is 0 Å². The van der Waals surface area contributed by atoms with Crippen LogP contribution >= 0.6 is 12.2 Å². The highest BCUT2D eigenvalue weighted by Gasteiger charge is 2.25. The Balaban J connectivity index is 1.56. The van der Waals surface area contributed by atoms with Crippen molar-refractivity contribution in [1.29, 1.82) is 0 Å². The van der Waals surface area contributed by atoms with Crippen LogP contribution in [-0.2, 0) is 29.2 Å². The van der Waals surface area contributed by atoms with Crippen LogP contribution in [0.2, 0.25) is 0 Å². The number of para-hydroxylation sites is 1. The van der Waals surface area contributed by atoms with Gasteiger partial charge in [0.05, 0.1) is 6.67 Å². The first-order chi connectivity index (χ1) is 14.0. The van der Waals surface area contributed by atoms with E-state index in [0.717, 1.165) is 37.4 Å². The Labute approximate surface area is 175 Å². The first kappa shape index (κ1) is 21.2. The van der Waals surface area contributed by atoms with Gasteiger partial charge in [-0.1, -0.05) is 18.2 Å². The van der Waals surface area contributed by atoms with Crippen molar-refractivity contribution in [1.82, 2.24) is 19.2 Å². The van der Waals surface area contributed by atoms with E-state index in [2.05, 4.69) is 15.3 Å². The number of aromatic nitrogens is 3. The first-order valence-corrected chi connectivity index (χ1v) is 10.4. The molecule has 0 aliphatic carbocycles. The molecule has 9 heteroatoms. The highest BCUT2D eigenvalue weighted by Crippen LogP contribution is 2.20. The lowest BCUT2D eigenvalue weighted by molar-refractivity contribution is -0.121. The number of carbonyl (C=O) groups excluding carboxylic acids is 2. The van der Waals surface area contributed by atoms with E-state index in [1.807, 2.05) is 41.8 Å². The van der Waals surface area contributed by atoms with Gasteiger partial charge in [-0.2, -0.15) is 5.10 Å². The lowest BCUT2D eigenvalue weighted by Gasteiger charge is -2.30. The lowest BCUT2D eigenvalue weighted by Crippen LogP contribution is -2.39. The zero-order valence-electron chi connectivity index (χ0n) is 16.7. The highest BCUT2D eigenvalue weighted by molar-refractivity contribution is 7.71. The number of nitrogens with one attached hydrogen (secondary N) is 1. The van der Waals surface area contributed by atoms with Crippen LogP contribution in [0.15, 0.2) is 30.3 Å². The van der Waals surface area contributed by atoms with E-state index in [1.54, 1.807) is 4.68 Å². The molecule has 1 saturated heterocycles. The Morgan fingerprint density at radius 1 is 1.24 bits per heavy atom. The summed E-state index contributed by atoms with van der Waals surface area (Å²) in [7, 11) is 0. The van der Waals surface area contributed by atoms with Gasteiger partial charge in [0.15, 0.2) is 4.77 Å². The summed E-state index contributed by atoms with van der Waals surface area (Å²) >= 11 is 5.55. The van der Waals surface area contributed by atoms with E-state index < -0.39 is 0 Å². The van der Waals surface area contributed by atoms with Crippen molar-refractivity contribution in [2.24, 2.45) is 11.7 Å². The van der Waals surface area contributed by atoms with Crippen molar-refractivity contribution in [3.63, 3.8) is 0 Å². The zero-order valence-corrected chi connectivity index (χ0v) is 17.5. The van der Waals surface area contributed by atoms with Crippen LogP contribution < -0.4 is 11.1 Å². The Morgan fingerprint density at radius 2 is 1.93 bits per heavy atom. The van der Waals surface area contributed by atoms with Gasteiger partial charge in [-0.3, -0.25) is 14.5 Å². The van der Waals surface area contributed by atoms with Gasteiger partial charge in [0.25, 0.3) is 0 Å². The minimum Gasteiger partial charge on any atom is -0.370 e. The minimum atomic E-state index is -0.344. The smallest absolute Gasteiger partial charge is 0.227 e. The maximum absolute atomic E-state index is 12.5. The fraction of sp³-hybridized carbons (Fsp3) is 0.500. The molecule has 0 radical (unpaired) electrons. The maximum Gasteiger partial charge on any atom is 0.227 e. The van der Waals surface area contributed by atoms with Crippen molar-refractivity contribution in [3.8, 4) is 0 Å². The average Bonchev–Trinajstić information content (AvgIpc) is 3.02. The fourth-order valence-electron chi connectivity index (χ4n) is 3.61. The normalized spacial score (nSPS) is 15.3. The van der Waals surface area contributed by atoms with Crippen LogP contribution in [-0.4, -0.2) is 44.2 Å². The summed E-state index contributed by atoms with van der Waals surface area (Å²) in [6.45, 7) is 4.91. The molecule has 29 heavy (non-hydrogen) atoms. The quantitative estimate of drug-likeness (QED) is 0.643. The second-order valence-corrected chi connectivity index (χ2v) is 7.66. The number of nitrogens with zero attached hydrogens (tertiary/aromatic N) is 4. The molecular formula is C20H28N6O2S. The molecule has 0 bridgehead atoms. The van der Waals surface area contributed by atoms with Gasteiger partial charge in [0.2, 0.25) is 11.8 Å². The summed E-state index contributed by atoms with van der Waals surface area (Å²) in [6.07, 6.45) is 2.35. The number of anilines is 1. The van der Waals surface area contributed by atoms with Crippen LogP contribution in [0, 0.1) is 10.7 Å². The number of hydrogen-bond acceptors (Lipinski definition) is 5. The van der Waals surface area contributed by atoms with Crippen molar-refractivity contribution in [2.75, 3.05) is 18.4 Å². The second kappa shape index (κ2) is 9.80. The van der Waals surface area contributed by atoms with Gasteiger partial charge in [-0.15, -0.1) is 0 Å².